The third-order valence-corrected chi connectivity index (χ3v) is 2.74. The van der Waals surface area contributed by atoms with E-state index >= 15 is 0 Å². The van der Waals surface area contributed by atoms with Crippen molar-refractivity contribution in [2.75, 3.05) is 6.61 Å². The largest absolute Gasteiger partial charge is 0.493 e. The smallest absolute Gasteiger partial charge is 0.354 e. The lowest BCUT2D eigenvalue weighted by atomic mass is 10.2. The highest BCUT2D eigenvalue weighted by atomic mass is 35.5. The van der Waals surface area contributed by atoms with Crippen molar-refractivity contribution in [3.8, 4) is 5.75 Å². The van der Waals surface area contributed by atoms with E-state index in [9.17, 15) is 4.79 Å². The molecule has 0 bridgehead atoms. The van der Waals surface area contributed by atoms with Crippen molar-refractivity contribution in [2.24, 2.45) is 0 Å². The average Bonchev–Trinajstić information content (AvgIpc) is 2.38. The number of carboxylic acid groups (broad SMARTS) is 1. The zero-order chi connectivity index (χ0) is 14.5. The number of halogens is 1. The summed E-state index contributed by atoms with van der Waals surface area (Å²) in [5.74, 6) is -0.0248. The van der Waals surface area contributed by atoms with Gasteiger partial charge in [-0.1, -0.05) is 23.7 Å². The second-order valence-electron chi connectivity index (χ2n) is 4.21. The lowest BCUT2D eigenvalue weighted by molar-refractivity contribution is 0.0689. The van der Waals surface area contributed by atoms with Gasteiger partial charge in [0.25, 0.3) is 0 Å². The molecular weight excluding hydrogens is 280 g/mol. The molecule has 0 atom stereocenters. The van der Waals surface area contributed by atoms with Gasteiger partial charge in [0.15, 0.2) is 5.69 Å². The van der Waals surface area contributed by atoms with E-state index in [1.54, 1.807) is 0 Å². The molecule has 0 fully saturated rings. The Kier molecular flexibility index (Phi) is 4.53. The number of benzene rings is 1. The highest BCUT2D eigenvalue weighted by Crippen LogP contribution is 2.13. The molecule has 1 heterocycles. The van der Waals surface area contributed by atoms with Gasteiger partial charge < -0.3 is 9.84 Å². The number of ether oxygens (including phenoxy) is 1. The quantitative estimate of drug-likeness (QED) is 0.858. The van der Waals surface area contributed by atoms with Crippen molar-refractivity contribution in [1.29, 1.82) is 0 Å². The standard InChI is InChI=1S/C14H13ClN2O3/c1-9-3-2-4-10(7-9)20-6-5-13-16-11(14(18)19)8-12(15)17-13/h2-4,7-8H,5-6H2,1H3,(H,18,19). The summed E-state index contributed by atoms with van der Waals surface area (Å²) in [7, 11) is 0. The van der Waals surface area contributed by atoms with E-state index in [-0.39, 0.29) is 10.8 Å². The molecule has 20 heavy (non-hydrogen) atoms. The molecule has 0 saturated heterocycles. The maximum Gasteiger partial charge on any atom is 0.354 e. The highest BCUT2D eigenvalue weighted by Gasteiger charge is 2.09. The van der Waals surface area contributed by atoms with Crippen LogP contribution in [0, 0.1) is 6.92 Å². The third kappa shape index (κ3) is 3.93. The summed E-state index contributed by atoms with van der Waals surface area (Å²) in [6.45, 7) is 2.33. The van der Waals surface area contributed by atoms with Crippen molar-refractivity contribution >= 4 is 17.6 Å². The molecule has 0 radical (unpaired) electrons. The normalized spacial score (nSPS) is 10.3. The van der Waals surface area contributed by atoms with Crippen LogP contribution in [0.4, 0.5) is 0 Å². The van der Waals surface area contributed by atoms with Crippen molar-refractivity contribution in [2.45, 2.75) is 13.3 Å². The summed E-state index contributed by atoms with van der Waals surface area (Å²) in [4.78, 5) is 18.7. The minimum absolute atomic E-state index is 0.114. The van der Waals surface area contributed by atoms with E-state index in [0.717, 1.165) is 11.3 Å². The van der Waals surface area contributed by atoms with Crippen molar-refractivity contribution < 1.29 is 14.6 Å². The molecule has 2 rings (SSSR count). The maximum absolute atomic E-state index is 10.9. The third-order valence-electron chi connectivity index (χ3n) is 2.54. The van der Waals surface area contributed by atoms with Gasteiger partial charge in [0.05, 0.1) is 6.61 Å². The number of hydrogen-bond donors (Lipinski definition) is 1. The number of carboxylic acids is 1. The second kappa shape index (κ2) is 6.34. The first-order valence-corrected chi connectivity index (χ1v) is 6.38. The average molecular weight is 293 g/mol. The van der Waals surface area contributed by atoms with Crippen LogP contribution in [0.1, 0.15) is 21.9 Å². The van der Waals surface area contributed by atoms with Gasteiger partial charge in [0.1, 0.15) is 16.7 Å². The Labute approximate surface area is 121 Å². The number of hydrogen-bond acceptors (Lipinski definition) is 4. The summed E-state index contributed by atoms with van der Waals surface area (Å²) >= 11 is 5.76. The van der Waals surface area contributed by atoms with Gasteiger partial charge in [-0.3, -0.25) is 0 Å². The summed E-state index contributed by atoms with van der Waals surface area (Å²) in [6, 6.07) is 8.87. The molecule has 2 aromatic rings. The van der Waals surface area contributed by atoms with Crippen LogP contribution in [-0.4, -0.2) is 27.7 Å². The number of carbonyl (C=O) groups is 1. The Morgan fingerprint density at radius 3 is 2.85 bits per heavy atom. The zero-order valence-electron chi connectivity index (χ0n) is 10.8. The molecule has 0 spiro atoms. The fourth-order valence-corrected chi connectivity index (χ4v) is 1.85. The van der Waals surface area contributed by atoms with Crippen LogP contribution in [0.5, 0.6) is 5.75 Å². The van der Waals surface area contributed by atoms with E-state index in [1.807, 2.05) is 31.2 Å². The lowest BCUT2D eigenvalue weighted by Crippen LogP contribution is -2.09. The summed E-state index contributed by atoms with van der Waals surface area (Å²) in [6.07, 6.45) is 0.384. The highest BCUT2D eigenvalue weighted by molar-refractivity contribution is 6.29. The first-order valence-electron chi connectivity index (χ1n) is 6.01. The first kappa shape index (κ1) is 14.3. The molecular formula is C14H13ClN2O3. The number of aromatic nitrogens is 2. The van der Waals surface area contributed by atoms with Gasteiger partial charge in [0.2, 0.25) is 0 Å². The topological polar surface area (TPSA) is 72.3 Å². The van der Waals surface area contributed by atoms with Crippen LogP contribution in [0.3, 0.4) is 0 Å². The fraction of sp³-hybridized carbons (Fsp3) is 0.214. The Morgan fingerprint density at radius 1 is 1.35 bits per heavy atom. The predicted molar refractivity (Wildman–Crippen MR) is 74.4 cm³/mol. The molecule has 1 N–H and O–H groups in total. The summed E-state index contributed by atoms with van der Waals surface area (Å²) < 4.78 is 5.56. The maximum atomic E-state index is 10.9. The van der Waals surface area contributed by atoms with Gasteiger partial charge in [0, 0.05) is 12.5 Å². The molecule has 0 aliphatic carbocycles. The molecule has 1 aromatic heterocycles. The summed E-state index contributed by atoms with van der Waals surface area (Å²) in [5.41, 5.74) is 0.991. The SMILES string of the molecule is Cc1cccc(OCCc2nc(Cl)cc(C(=O)O)n2)c1. The first-order chi connectivity index (χ1) is 9.54. The number of rotatable bonds is 5. The van der Waals surface area contributed by atoms with Crippen LogP contribution < -0.4 is 4.74 Å². The van der Waals surface area contributed by atoms with Crippen LogP contribution in [-0.2, 0) is 6.42 Å². The van der Waals surface area contributed by atoms with Crippen molar-refractivity contribution in [3.63, 3.8) is 0 Å². The van der Waals surface area contributed by atoms with Gasteiger partial charge in [-0.25, -0.2) is 14.8 Å². The van der Waals surface area contributed by atoms with E-state index in [4.69, 9.17) is 21.4 Å². The van der Waals surface area contributed by atoms with Crippen LogP contribution in [0.15, 0.2) is 30.3 Å². The molecule has 1 aromatic carbocycles. The monoisotopic (exact) mass is 292 g/mol. The van der Waals surface area contributed by atoms with Crippen molar-refractivity contribution in [1.82, 2.24) is 9.97 Å². The second-order valence-corrected chi connectivity index (χ2v) is 4.60. The number of aryl methyl sites for hydroxylation is 1. The van der Waals surface area contributed by atoms with E-state index in [0.29, 0.717) is 18.9 Å². The molecule has 0 amide bonds. The minimum atomic E-state index is -1.13. The molecule has 0 aliphatic heterocycles. The number of nitrogens with zero attached hydrogens (tertiary/aromatic N) is 2. The number of aromatic carboxylic acids is 1. The van der Waals surface area contributed by atoms with Crippen LogP contribution in [0.2, 0.25) is 5.15 Å². The molecule has 6 heteroatoms. The van der Waals surface area contributed by atoms with E-state index < -0.39 is 5.97 Å². The predicted octanol–water partition coefficient (Wildman–Crippen LogP) is 2.76. The molecule has 5 nitrogen and oxygen atoms in total. The van der Waals surface area contributed by atoms with E-state index in [1.165, 1.54) is 6.07 Å². The fourth-order valence-electron chi connectivity index (χ4n) is 1.65. The lowest BCUT2D eigenvalue weighted by Gasteiger charge is -2.06. The van der Waals surface area contributed by atoms with Gasteiger partial charge in [-0.05, 0) is 24.6 Å². The van der Waals surface area contributed by atoms with Gasteiger partial charge in [-0.2, -0.15) is 0 Å². The van der Waals surface area contributed by atoms with Gasteiger partial charge in [-0.15, -0.1) is 0 Å². The molecule has 104 valence electrons. The Hall–Kier alpha value is -2.14. The Bertz CT molecular complexity index is 632. The Balaban J connectivity index is 1.99. The zero-order valence-corrected chi connectivity index (χ0v) is 11.6. The van der Waals surface area contributed by atoms with Gasteiger partial charge >= 0.3 is 5.97 Å². The van der Waals surface area contributed by atoms with Crippen LogP contribution >= 0.6 is 11.6 Å². The minimum Gasteiger partial charge on any atom is -0.493 e. The van der Waals surface area contributed by atoms with E-state index in [2.05, 4.69) is 9.97 Å². The molecule has 0 unspecified atom stereocenters. The van der Waals surface area contributed by atoms with Crippen molar-refractivity contribution in [3.05, 3.63) is 52.6 Å². The summed E-state index contributed by atoms with van der Waals surface area (Å²) in [5, 5.41) is 9.00. The molecule has 0 saturated carbocycles. The van der Waals surface area contributed by atoms with Crippen LogP contribution in [0.25, 0.3) is 0 Å². The Morgan fingerprint density at radius 2 is 2.15 bits per heavy atom. The molecule has 0 aliphatic rings.